The Bertz CT molecular complexity index is 293. The van der Waals surface area contributed by atoms with Crippen molar-refractivity contribution in [3.05, 3.63) is 12.7 Å². The Morgan fingerprint density at radius 2 is 1.89 bits per heavy atom. The fourth-order valence-corrected chi connectivity index (χ4v) is 1.52. The fraction of sp³-hybridized carbons (Fsp3) is 0.800. The van der Waals surface area contributed by atoms with Gasteiger partial charge in [0.1, 0.15) is 5.60 Å². The van der Waals surface area contributed by atoms with E-state index in [0.717, 1.165) is 12.8 Å². The Labute approximate surface area is 118 Å². The van der Waals surface area contributed by atoms with Crippen LogP contribution in [-0.4, -0.2) is 29.8 Å². The third-order valence-electron chi connectivity index (χ3n) is 2.54. The van der Waals surface area contributed by atoms with Crippen LogP contribution in [0.25, 0.3) is 0 Å². The third kappa shape index (κ3) is 10.6. The van der Waals surface area contributed by atoms with Crippen molar-refractivity contribution in [2.24, 2.45) is 0 Å². The molecule has 1 unspecified atom stereocenters. The van der Waals surface area contributed by atoms with Crippen molar-refractivity contribution in [1.82, 2.24) is 10.6 Å². The molecule has 1 amide bonds. The summed E-state index contributed by atoms with van der Waals surface area (Å²) >= 11 is 0. The van der Waals surface area contributed by atoms with Gasteiger partial charge in [0, 0.05) is 12.6 Å². The number of carbonyl (C=O) groups is 1. The Morgan fingerprint density at radius 3 is 2.37 bits per heavy atom. The molecule has 0 aliphatic heterocycles. The molecule has 0 aromatic heterocycles. The van der Waals surface area contributed by atoms with Gasteiger partial charge in [-0.25, -0.2) is 4.79 Å². The number of allylic oxidation sites excluding steroid dienone is 1. The second kappa shape index (κ2) is 7.53. The highest BCUT2D eigenvalue weighted by molar-refractivity contribution is 5.68. The fourth-order valence-electron chi connectivity index (χ4n) is 1.52. The van der Waals surface area contributed by atoms with E-state index < -0.39 is 5.60 Å². The first-order chi connectivity index (χ1) is 8.56. The number of nitrogens with one attached hydrogen (secondary N) is 2. The van der Waals surface area contributed by atoms with Gasteiger partial charge in [0.05, 0.1) is 5.54 Å². The second-order valence-electron chi connectivity index (χ2n) is 6.66. The van der Waals surface area contributed by atoms with E-state index in [0.29, 0.717) is 12.6 Å². The van der Waals surface area contributed by atoms with E-state index in [4.69, 9.17) is 4.74 Å². The zero-order valence-electron chi connectivity index (χ0n) is 13.3. The first-order valence-electron chi connectivity index (χ1n) is 6.91. The number of ether oxygens (including phenoxy) is 1. The van der Waals surface area contributed by atoms with Crippen LogP contribution in [0.15, 0.2) is 12.7 Å². The molecule has 0 saturated heterocycles. The summed E-state index contributed by atoms with van der Waals surface area (Å²) in [5, 5.41) is 6.29. The van der Waals surface area contributed by atoms with Crippen LogP contribution in [0.2, 0.25) is 0 Å². The lowest BCUT2D eigenvalue weighted by atomic mass is 10.0. The lowest BCUT2D eigenvalue weighted by Crippen LogP contribution is -2.52. The van der Waals surface area contributed by atoms with Gasteiger partial charge in [0.25, 0.3) is 0 Å². The molecule has 0 radical (unpaired) electrons. The van der Waals surface area contributed by atoms with Crippen molar-refractivity contribution in [1.29, 1.82) is 0 Å². The summed E-state index contributed by atoms with van der Waals surface area (Å²) in [6.45, 7) is 16.1. The lowest BCUT2D eigenvalue weighted by Gasteiger charge is -2.30. The first-order valence-corrected chi connectivity index (χ1v) is 6.91. The van der Waals surface area contributed by atoms with Crippen LogP contribution in [0.3, 0.4) is 0 Å². The molecule has 0 fully saturated rings. The molecule has 4 nitrogen and oxygen atoms in total. The van der Waals surface area contributed by atoms with Gasteiger partial charge in [0.15, 0.2) is 0 Å². The van der Waals surface area contributed by atoms with Crippen molar-refractivity contribution in [3.8, 4) is 0 Å². The number of carbonyl (C=O) groups excluding carboxylic acids is 1. The van der Waals surface area contributed by atoms with Gasteiger partial charge in [-0.2, -0.15) is 0 Å². The smallest absolute Gasteiger partial charge is 0.408 e. The van der Waals surface area contributed by atoms with E-state index in [-0.39, 0.29) is 11.6 Å². The Morgan fingerprint density at radius 1 is 1.32 bits per heavy atom. The normalized spacial score (nSPS) is 13.8. The van der Waals surface area contributed by atoms with Gasteiger partial charge in [-0.3, -0.25) is 0 Å². The zero-order chi connectivity index (χ0) is 15.1. The van der Waals surface area contributed by atoms with Crippen LogP contribution in [-0.2, 0) is 4.74 Å². The molecule has 4 heteroatoms. The molecule has 0 aliphatic rings. The highest BCUT2D eigenvalue weighted by Gasteiger charge is 2.24. The molecule has 0 aromatic rings. The summed E-state index contributed by atoms with van der Waals surface area (Å²) < 4.78 is 5.25. The molecule has 0 spiro atoms. The zero-order valence-corrected chi connectivity index (χ0v) is 13.3. The number of rotatable bonds is 7. The minimum absolute atomic E-state index is 0.342. The highest BCUT2D eigenvalue weighted by Crippen LogP contribution is 2.09. The van der Waals surface area contributed by atoms with Gasteiger partial charge in [0.2, 0.25) is 0 Å². The van der Waals surface area contributed by atoms with Crippen LogP contribution >= 0.6 is 0 Å². The van der Waals surface area contributed by atoms with E-state index >= 15 is 0 Å². The number of alkyl carbamates (subject to hydrolysis) is 1. The predicted molar refractivity (Wildman–Crippen MR) is 80.3 cm³/mol. The number of hydrogen-bond donors (Lipinski definition) is 2. The van der Waals surface area contributed by atoms with Crippen LogP contribution in [0.1, 0.15) is 54.4 Å². The second-order valence-corrected chi connectivity index (χ2v) is 6.66. The molecule has 0 saturated carbocycles. The minimum Gasteiger partial charge on any atom is -0.444 e. The maximum Gasteiger partial charge on any atom is 0.408 e. The van der Waals surface area contributed by atoms with Gasteiger partial charge in [-0.05, 0) is 54.4 Å². The van der Waals surface area contributed by atoms with Gasteiger partial charge >= 0.3 is 6.09 Å². The standard InChI is InChI=1S/C15H30N2O2/c1-8-9-10-12(2)16-11-15(6,7)17-13(18)19-14(3,4)5/h8,12,16H,1,9-11H2,2-7H3,(H,17,18). The number of amides is 1. The summed E-state index contributed by atoms with van der Waals surface area (Å²) in [5.41, 5.74) is -0.810. The van der Waals surface area contributed by atoms with Crippen molar-refractivity contribution >= 4 is 6.09 Å². The summed E-state index contributed by atoms with van der Waals surface area (Å²) in [4.78, 5) is 11.7. The molecular formula is C15H30N2O2. The van der Waals surface area contributed by atoms with E-state index in [1.807, 2.05) is 40.7 Å². The number of hydrogen-bond acceptors (Lipinski definition) is 3. The van der Waals surface area contributed by atoms with Crippen molar-refractivity contribution < 1.29 is 9.53 Å². The van der Waals surface area contributed by atoms with Gasteiger partial charge in [-0.15, -0.1) is 6.58 Å². The SMILES string of the molecule is C=CCCC(C)NCC(C)(C)NC(=O)OC(C)(C)C. The summed E-state index contributed by atoms with van der Waals surface area (Å²) in [6, 6.07) is 0.401. The summed E-state index contributed by atoms with van der Waals surface area (Å²) in [7, 11) is 0. The maximum atomic E-state index is 11.7. The maximum absolute atomic E-state index is 11.7. The molecule has 0 rings (SSSR count). The Kier molecular flexibility index (Phi) is 7.12. The first kappa shape index (κ1) is 18.0. The Hall–Kier alpha value is -1.03. The van der Waals surface area contributed by atoms with Crippen molar-refractivity contribution in [2.45, 2.75) is 71.6 Å². The van der Waals surface area contributed by atoms with Crippen LogP contribution in [0.5, 0.6) is 0 Å². The van der Waals surface area contributed by atoms with E-state index in [2.05, 4.69) is 24.1 Å². The third-order valence-corrected chi connectivity index (χ3v) is 2.54. The van der Waals surface area contributed by atoms with Crippen LogP contribution in [0, 0.1) is 0 Å². The molecule has 2 N–H and O–H groups in total. The lowest BCUT2D eigenvalue weighted by molar-refractivity contribution is 0.0471. The van der Waals surface area contributed by atoms with Crippen molar-refractivity contribution in [2.75, 3.05) is 6.54 Å². The summed E-state index contributed by atoms with van der Waals surface area (Å²) in [6.07, 6.45) is 3.58. The largest absolute Gasteiger partial charge is 0.444 e. The molecule has 0 aliphatic carbocycles. The highest BCUT2D eigenvalue weighted by atomic mass is 16.6. The molecule has 0 heterocycles. The predicted octanol–water partition coefficient (Wildman–Crippen LogP) is 3.23. The van der Waals surface area contributed by atoms with Crippen LogP contribution < -0.4 is 10.6 Å². The van der Waals surface area contributed by atoms with E-state index in [1.165, 1.54) is 0 Å². The monoisotopic (exact) mass is 270 g/mol. The molecule has 0 aromatic carbocycles. The van der Waals surface area contributed by atoms with Crippen LogP contribution in [0.4, 0.5) is 4.79 Å². The van der Waals surface area contributed by atoms with Gasteiger partial charge < -0.3 is 15.4 Å². The van der Waals surface area contributed by atoms with Gasteiger partial charge in [-0.1, -0.05) is 6.08 Å². The van der Waals surface area contributed by atoms with E-state index in [1.54, 1.807) is 0 Å². The molecule has 112 valence electrons. The molecule has 0 bridgehead atoms. The average Bonchev–Trinajstić information content (AvgIpc) is 2.20. The Balaban J connectivity index is 4.10. The van der Waals surface area contributed by atoms with E-state index in [9.17, 15) is 4.79 Å². The topological polar surface area (TPSA) is 50.4 Å². The summed E-state index contributed by atoms with van der Waals surface area (Å²) in [5.74, 6) is 0. The molecule has 1 atom stereocenters. The molecular weight excluding hydrogens is 240 g/mol. The average molecular weight is 270 g/mol. The minimum atomic E-state index is -0.467. The molecule has 19 heavy (non-hydrogen) atoms. The van der Waals surface area contributed by atoms with Crippen molar-refractivity contribution in [3.63, 3.8) is 0 Å². The quantitative estimate of drug-likeness (QED) is 0.698.